The number of benzene rings is 1. The van der Waals surface area contributed by atoms with Crippen LogP contribution in [0.4, 0.5) is 0 Å². The van der Waals surface area contributed by atoms with Crippen molar-refractivity contribution in [2.24, 2.45) is 0 Å². The largest absolute Gasteiger partial charge is 0.493 e. The molecule has 3 nitrogen and oxygen atoms in total. The third-order valence-electron chi connectivity index (χ3n) is 2.22. The van der Waals surface area contributed by atoms with E-state index < -0.39 is 0 Å². The Kier molecular flexibility index (Phi) is 2.81. The van der Waals surface area contributed by atoms with E-state index in [0.717, 1.165) is 29.2 Å². The van der Waals surface area contributed by atoms with E-state index in [1.165, 1.54) is 0 Å². The van der Waals surface area contributed by atoms with Gasteiger partial charge in [0.25, 0.3) is 0 Å². The second-order valence-corrected chi connectivity index (χ2v) is 3.24. The molecule has 0 bridgehead atoms. The first-order valence-electron chi connectivity index (χ1n) is 5.01. The minimum atomic E-state index is 0.290. The van der Waals surface area contributed by atoms with Crippen LogP contribution >= 0.6 is 0 Å². The Morgan fingerprint density at radius 3 is 2.80 bits per heavy atom. The summed E-state index contributed by atoms with van der Waals surface area (Å²) in [7, 11) is 0. The number of hydrogen-bond donors (Lipinski definition) is 0. The second-order valence-electron chi connectivity index (χ2n) is 3.24. The molecule has 0 spiro atoms. The van der Waals surface area contributed by atoms with Crippen LogP contribution in [0.15, 0.2) is 24.8 Å². The topological polar surface area (TPSA) is 27.7 Å². The standard InChI is InChI=1S/C12H14O3/c1-3-5-9-6-11-12(15-8-14-11)7-10(9)13-4-2/h3,6-7H,1,4-5,8H2,2H3. The maximum atomic E-state index is 5.53. The van der Waals surface area contributed by atoms with Crippen LogP contribution in [-0.4, -0.2) is 13.4 Å². The predicted octanol–water partition coefficient (Wildman–Crippen LogP) is 2.54. The fraction of sp³-hybridized carbons (Fsp3) is 0.333. The van der Waals surface area contributed by atoms with Gasteiger partial charge >= 0.3 is 0 Å². The summed E-state index contributed by atoms with van der Waals surface area (Å²) in [6, 6.07) is 3.83. The highest BCUT2D eigenvalue weighted by Gasteiger charge is 2.17. The first-order valence-corrected chi connectivity index (χ1v) is 5.01. The summed E-state index contributed by atoms with van der Waals surface area (Å²) >= 11 is 0. The Morgan fingerprint density at radius 1 is 1.40 bits per heavy atom. The summed E-state index contributed by atoms with van der Waals surface area (Å²) in [6.45, 7) is 6.62. The van der Waals surface area contributed by atoms with Gasteiger partial charge in [-0.3, -0.25) is 0 Å². The molecule has 0 saturated heterocycles. The summed E-state index contributed by atoms with van der Waals surface area (Å²) in [4.78, 5) is 0. The van der Waals surface area contributed by atoms with Gasteiger partial charge in [-0.05, 0) is 19.4 Å². The molecule has 0 radical (unpaired) electrons. The van der Waals surface area contributed by atoms with Crippen molar-refractivity contribution in [2.45, 2.75) is 13.3 Å². The molecule has 1 aromatic rings. The van der Waals surface area contributed by atoms with Crippen molar-refractivity contribution in [1.82, 2.24) is 0 Å². The van der Waals surface area contributed by atoms with Gasteiger partial charge in [-0.1, -0.05) is 6.08 Å². The van der Waals surface area contributed by atoms with Crippen molar-refractivity contribution >= 4 is 0 Å². The van der Waals surface area contributed by atoms with Gasteiger partial charge in [0.15, 0.2) is 11.5 Å². The van der Waals surface area contributed by atoms with E-state index in [1.54, 1.807) is 0 Å². The van der Waals surface area contributed by atoms with E-state index in [4.69, 9.17) is 14.2 Å². The van der Waals surface area contributed by atoms with E-state index in [9.17, 15) is 0 Å². The van der Waals surface area contributed by atoms with Crippen LogP contribution in [0.5, 0.6) is 17.2 Å². The SMILES string of the molecule is C=CCc1cc2c(cc1OCC)OCO2. The van der Waals surface area contributed by atoms with Crippen molar-refractivity contribution in [3.8, 4) is 17.2 Å². The number of fused-ring (bicyclic) bond motifs is 1. The van der Waals surface area contributed by atoms with Crippen LogP contribution in [-0.2, 0) is 6.42 Å². The van der Waals surface area contributed by atoms with Gasteiger partial charge < -0.3 is 14.2 Å². The Balaban J connectivity index is 2.37. The number of allylic oxidation sites excluding steroid dienone is 1. The molecule has 1 aliphatic rings. The molecule has 0 N–H and O–H groups in total. The summed E-state index contributed by atoms with van der Waals surface area (Å²) in [5.41, 5.74) is 1.08. The molecule has 15 heavy (non-hydrogen) atoms. The van der Waals surface area contributed by atoms with Crippen molar-refractivity contribution in [3.63, 3.8) is 0 Å². The second kappa shape index (κ2) is 4.26. The van der Waals surface area contributed by atoms with Gasteiger partial charge in [0.05, 0.1) is 6.61 Å². The maximum absolute atomic E-state index is 5.53. The zero-order chi connectivity index (χ0) is 10.7. The first kappa shape index (κ1) is 9.90. The van der Waals surface area contributed by atoms with E-state index in [1.807, 2.05) is 25.1 Å². The van der Waals surface area contributed by atoms with E-state index in [2.05, 4.69) is 6.58 Å². The smallest absolute Gasteiger partial charge is 0.231 e. The molecule has 0 aliphatic carbocycles. The molecular weight excluding hydrogens is 192 g/mol. The summed E-state index contributed by atoms with van der Waals surface area (Å²) in [5, 5.41) is 0. The van der Waals surface area contributed by atoms with Crippen LogP contribution in [0.25, 0.3) is 0 Å². The Bertz CT molecular complexity index is 371. The van der Waals surface area contributed by atoms with Crippen LogP contribution in [0, 0.1) is 0 Å². The lowest BCUT2D eigenvalue weighted by Crippen LogP contribution is -1.96. The Hall–Kier alpha value is -1.64. The average molecular weight is 206 g/mol. The molecule has 0 atom stereocenters. The fourth-order valence-corrected chi connectivity index (χ4v) is 1.57. The lowest BCUT2D eigenvalue weighted by atomic mass is 10.1. The van der Waals surface area contributed by atoms with Gasteiger partial charge in [0, 0.05) is 11.6 Å². The molecule has 0 fully saturated rings. The minimum absolute atomic E-state index is 0.290. The molecule has 80 valence electrons. The molecule has 0 unspecified atom stereocenters. The van der Waals surface area contributed by atoms with Gasteiger partial charge in [-0.15, -0.1) is 6.58 Å². The molecule has 1 heterocycles. The summed E-state index contributed by atoms with van der Waals surface area (Å²) in [5.74, 6) is 2.39. The minimum Gasteiger partial charge on any atom is -0.493 e. The molecule has 0 amide bonds. The number of hydrogen-bond acceptors (Lipinski definition) is 3. The van der Waals surface area contributed by atoms with Crippen LogP contribution in [0.2, 0.25) is 0 Å². The quantitative estimate of drug-likeness (QED) is 0.708. The molecule has 0 aromatic heterocycles. The summed E-state index contributed by atoms with van der Waals surface area (Å²) < 4.78 is 16.1. The lowest BCUT2D eigenvalue weighted by molar-refractivity contribution is 0.174. The fourth-order valence-electron chi connectivity index (χ4n) is 1.57. The van der Waals surface area contributed by atoms with Gasteiger partial charge in [-0.25, -0.2) is 0 Å². The van der Waals surface area contributed by atoms with E-state index in [0.29, 0.717) is 13.4 Å². The Morgan fingerprint density at radius 2 is 2.13 bits per heavy atom. The number of ether oxygens (including phenoxy) is 3. The third-order valence-corrected chi connectivity index (χ3v) is 2.22. The first-order chi connectivity index (χ1) is 7.35. The third kappa shape index (κ3) is 1.91. The average Bonchev–Trinajstić information content (AvgIpc) is 2.66. The molecule has 1 aliphatic heterocycles. The van der Waals surface area contributed by atoms with Gasteiger partial charge in [0.2, 0.25) is 6.79 Å². The highest BCUT2D eigenvalue weighted by molar-refractivity contribution is 5.52. The highest BCUT2D eigenvalue weighted by Crippen LogP contribution is 2.38. The highest BCUT2D eigenvalue weighted by atomic mass is 16.7. The molecular formula is C12H14O3. The normalized spacial score (nSPS) is 12.6. The van der Waals surface area contributed by atoms with E-state index >= 15 is 0 Å². The molecule has 1 aromatic carbocycles. The molecule has 3 heteroatoms. The predicted molar refractivity (Wildman–Crippen MR) is 57.6 cm³/mol. The summed E-state index contributed by atoms with van der Waals surface area (Å²) in [6.07, 6.45) is 2.62. The van der Waals surface area contributed by atoms with Crippen molar-refractivity contribution in [3.05, 3.63) is 30.4 Å². The van der Waals surface area contributed by atoms with Crippen molar-refractivity contribution in [1.29, 1.82) is 0 Å². The van der Waals surface area contributed by atoms with Crippen LogP contribution < -0.4 is 14.2 Å². The Labute approximate surface area is 89.3 Å². The maximum Gasteiger partial charge on any atom is 0.231 e. The van der Waals surface area contributed by atoms with Crippen LogP contribution in [0.1, 0.15) is 12.5 Å². The monoisotopic (exact) mass is 206 g/mol. The van der Waals surface area contributed by atoms with Gasteiger partial charge in [0.1, 0.15) is 5.75 Å². The van der Waals surface area contributed by atoms with Crippen molar-refractivity contribution < 1.29 is 14.2 Å². The van der Waals surface area contributed by atoms with Crippen molar-refractivity contribution in [2.75, 3.05) is 13.4 Å². The zero-order valence-corrected chi connectivity index (χ0v) is 8.79. The zero-order valence-electron chi connectivity index (χ0n) is 8.79. The van der Waals surface area contributed by atoms with E-state index in [-0.39, 0.29) is 0 Å². The lowest BCUT2D eigenvalue weighted by Gasteiger charge is -2.09. The molecule has 2 rings (SSSR count). The van der Waals surface area contributed by atoms with Gasteiger partial charge in [-0.2, -0.15) is 0 Å². The number of rotatable bonds is 4. The molecule has 0 saturated carbocycles. The van der Waals surface area contributed by atoms with Crippen LogP contribution in [0.3, 0.4) is 0 Å².